The summed E-state index contributed by atoms with van der Waals surface area (Å²) in [4.78, 5) is 40.2. The zero-order valence-corrected chi connectivity index (χ0v) is 20.0. The fourth-order valence-electron chi connectivity index (χ4n) is 5.03. The van der Waals surface area contributed by atoms with Crippen molar-refractivity contribution in [2.24, 2.45) is 5.92 Å². The highest BCUT2D eigenvalue weighted by Crippen LogP contribution is 2.34. The molecule has 184 valence electrons. The smallest absolute Gasteiger partial charge is 0.322 e. The van der Waals surface area contributed by atoms with Gasteiger partial charge in [-0.05, 0) is 54.5 Å². The van der Waals surface area contributed by atoms with Gasteiger partial charge in [0.1, 0.15) is 5.75 Å². The fraction of sp³-hybridized carbons (Fsp3) is 0.333. The number of carbonyl (C=O) groups is 3. The van der Waals surface area contributed by atoms with Gasteiger partial charge < -0.3 is 15.0 Å². The van der Waals surface area contributed by atoms with Crippen LogP contribution in [0.3, 0.4) is 0 Å². The average molecular weight is 486 g/mol. The highest BCUT2D eigenvalue weighted by molar-refractivity contribution is 6.08. The van der Waals surface area contributed by atoms with Crippen molar-refractivity contribution in [1.29, 1.82) is 0 Å². The predicted molar refractivity (Wildman–Crippen MR) is 131 cm³/mol. The lowest BCUT2D eigenvalue weighted by Gasteiger charge is -2.31. The molecule has 3 heterocycles. The Balaban J connectivity index is 1.27. The van der Waals surface area contributed by atoms with Gasteiger partial charge in [-0.25, -0.2) is 4.79 Å². The van der Waals surface area contributed by atoms with Crippen LogP contribution in [0.1, 0.15) is 41.3 Å². The number of imide groups is 1. The maximum atomic E-state index is 13.2. The Kier molecular flexibility index (Phi) is 5.28. The van der Waals surface area contributed by atoms with E-state index in [9.17, 15) is 14.4 Å². The maximum absolute atomic E-state index is 13.2. The molecule has 1 atom stereocenters. The maximum Gasteiger partial charge on any atom is 0.322 e. The molecule has 2 N–H and O–H groups in total. The Bertz CT molecular complexity index is 1360. The van der Waals surface area contributed by atoms with Crippen LogP contribution in [-0.4, -0.2) is 45.7 Å². The number of aromatic nitrogens is 2. The van der Waals surface area contributed by atoms with E-state index in [4.69, 9.17) is 4.74 Å². The highest BCUT2D eigenvalue weighted by Gasteiger charge is 2.50. The van der Waals surface area contributed by atoms with Gasteiger partial charge in [-0.3, -0.25) is 19.6 Å². The Morgan fingerprint density at radius 1 is 1.08 bits per heavy atom. The molecule has 2 aliphatic heterocycles. The van der Waals surface area contributed by atoms with Gasteiger partial charge in [0, 0.05) is 30.4 Å². The third kappa shape index (κ3) is 3.90. The highest BCUT2D eigenvalue weighted by atomic mass is 16.5. The summed E-state index contributed by atoms with van der Waals surface area (Å²) in [5.74, 6) is 0.689. The fourth-order valence-corrected chi connectivity index (χ4v) is 5.03. The number of nitrogens with one attached hydrogen (secondary N) is 2. The van der Waals surface area contributed by atoms with E-state index in [2.05, 4.69) is 15.7 Å². The quantitative estimate of drug-likeness (QED) is 0.477. The van der Waals surface area contributed by atoms with Crippen LogP contribution in [0.25, 0.3) is 11.1 Å². The Labute approximate surface area is 208 Å². The number of nitrogens with zero attached hydrogens (tertiary/aromatic N) is 3. The van der Waals surface area contributed by atoms with Crippen LogP contribution in [0.15, 0.2) is 54.9 Å². The summed E-state index contributed by atoms with van der Waals surface area (Å²) in [5.41, 5.74) is 2.60. The van der Waals surface area contributed by atoms with E-state index >= 15 is 0 Å². The number of hydrogen-bond donors (Lipinski definition) is 2. The van der Waals surface area contributed by atoms with E-state index in [1.807, 2.05) is 60.4 Å². The Hall–Kier alpha value is -4.14. The van der Waals surface area contributed by atoms with E-state index in [1.165, 1.54) is 12.8 Å². The van der Waals surface area contributed by atoms with Crippen LogP contribution in [0.4, 0.5) is 4.79 Å². The molecule has 0 radical (unpaired) electrons. The summed E-state index contributed by atoms with van der Waals surface area (Å²) in [6, 6.07) is 12.4. The molecule has 1 aromatic heterocycles. The largest absolute Gasteiger partial charge is 0.494 e. The van der Waals surface area contributed by atoms with Crippen molar-refractivity contribution < 1.29 is 19.1 Å². The number of rotatable bonds is 8. The number of urea groups is 1. The van der Waals surface area contributed by atoms with Gasteiger partial charge in [-0.2, -0.15) is 5.10 Å². The molecule has 1 saturated heterocycles. The number of ether oxygens (including phenoxy) is 1. The van der Waals surface area contributed by atoms with Gasteiger partial charge in [0.05, 0.1) is 19.3 Å². The average Bonchev–Trinajstić information content (AvgIpc) is 3.35. The van der Waals surface area contributed by atoms with Crippen molar-refractivity contribution in [3.8, 4) is 16.9 Å². The van der Waals surface area contributed by atoms with Gasteiger partial charge in [-0.1, -0.05) is 30.3 Å². The Morgan fingerprint density at radius 3 is 2.58 bits per heavy atom. The molecule has 0 unspecified atom stereocenters. The second-order valence-electron chi connectivity index (χ2n) is 9.70. The minimum absolute atomic E-state index is 0.0146. The molecular formula is C27H27N5O4. The van der Waals surface area contributed by atoms with Crippen LogP contribution in [-0.2, 0) is 23.4 Å². The zero-order chi connectivity index (χ0) is 24.9. The van der Waals surface area contributed by atoms with Crippen molar-refractivity contribution in [2.45, 2.75) is 38.4 Å². The minimum Gasteiger partial charge on any atom is -0.494 e. The summed E-state index contributed by atoms with van der Waals surface area (Å²) < 4.78 is 7.51. The first-order valence-corrected chi connectivity index (χ1v) is 12.3. The van der Waals surface area contributed by atoms with Crippen molar-refractivity contribution in [3.05, 3.63) is 71.5 Å². The number of amides is 4. The third-order valence-corrected chi connectivity index (χ3v) is 7.13. The first-order valence-electron chi connectivity index (χ1n) is 12.3. The molecular weight excluding hydrogens is 458 g/mol. The van der Waals surface area contributed by atoms with E-state index < -0.39 is 17.5 Å². The lowest BCUT2D eigenvalue weighted by Crippen LogP contribution is -2.52. The second-order valence-corrected chi connectivity index (χ2v) is 9.70. The molecule has 2 aromatic carbocycles. The number of carbonyl (C=O) groups excluding carboxylic acids is 3. The first kappa shape index (κ1) is 22.3. The topological polar surface area (TPSA) is 106 Å². The monoisotopic (exact) mass is 485 g/mol. The molecule has 2 fully saturated rings. The molecule has 1 saturated carbocycles. The number of hydrogen-bond acceptors (Lipinski definition) is 5. The van der Waals surface area contributed by atoms with Gasteiger partial charge in [0.25, 0.3) is 11.8 Å². The third-order valence-electron chi connectivity index (χ3n) is 7.13. The van der Waals surface area contributed by atoms with Crippen LogP contribution in [0.5, 0.6) is 5.75 Å². The van der Waals surface area contributed by atoms with Gasteiger partial charge in [-0.15, -0.1) is 0 Å². The summed E-state index contributed by atoms with van der Waals surface area (Å²) in [6.45, 7) is 3.69. The van der Waals surface area contributed by atoms with Crippen molar-refractivity contribution in [2.75, 3.05) is 13.2 Å². The van der Waals surface area contributed by atoms with Gasteiger partial charge in [0.15, 0.2) is 5.54 Å². The molecule has 3 aromatic rings. The van der Waals surface area contributed by atoms with Crippen molar-refractivity contribution in [1.82, 2.24) is 25.3 Å². The Morgan fingerprint density at radius 2 is 1.89 bits per heavy atom. The van der Waals surface area contributed by atoms with E-state index in [1.54, 1.807) is 11.0 Å². The zero-order valence-electron chi connectivity index (χ0n) is 20.0. The van der Waals surface area contributed by atoms with Crippen LogP contribution in [0.2, 0.25) is 0 Å². The standard InChI is InChI=1S/C27H27N5O4/c1-2-36-22-10-7-19-14-31(24(33)23(19)11-22)16-27(25(34)29-26(35)30-27)21-8-5-18(6-9-21)20-12-28-32(15-20)13-17-3-4-17/h5-12,15,17H,2-4,13-14,16H2,1H3,(H2,29,30,34,35)/t27-/m0/s1. The van der Waals surface area contributed by atoms with Crippen molar-refractivity contribution in [3.63, 3.8) is 0 Å². The van der Waals surface area contributed by atoms with Gasteiger partial charge in [0.2, 0.25) is 0 Å². The predicted octanol–water partition coefficient (Wildman–Crippen LogP) is 3.05. The van der Waals surface area contributed by atoms with Crippen LogP contribution < -0.4 is 15.4 Å². The summed E-state index contributed by atoms with van der Waals surface area (Å²) in [6.07, 6.45) is 6.40. The minimum atomic E-state index is -1.38. The summed E-state index contributed by atoms with van der Waals surface area (Å²) >= 11 is 0. The lowest BCUT2D eigenvalue weighted by atomic mass is 9.88. The molecule has 1 aliphatic carbocycles. The molecule has 9 nitrogen and oxygen atoms in total. The van der Waals surface area contributed by atoms with Crippen LogP contribution in [0, 0.1) is 5.92 Å². The molecule has 0 bridgehead atoms. The summed E-state index contributed by atoms with van der Waals surface area (Å²) in [7, 11) is 0. The SMILES string of the molecule is CCOc1ccc2c(c1)C(=O)N(C[C@@]1(c3ccc(-c4cnn(CC5CC5)c4)cc3)NC(=O)NC1=O)C2. The number of benzene rings is 2. The van der Waals surface area contributed by atoms with E-state index in [-0.39, 0.29) is 12.5 Å². The molecule has 3 aliphatic rings. The molecule has 9 heteroatoms. The lowest BCUT2D eigenvalue weighted by molar-refractivity contribution is -0.124. The van der Waals surface area contributed by atoms with E-state index in [0.717, 1.165) is 29.2 Å². The molecule has 6 rings (SSSR count). The normalized spacial score (nSPS) is 20.9. The molecule has 0 spiro atoms. The number of fused-ring (bicyclic) bond motifs is 1. The summed E-state index contributed by atoms with van der Waals surface area (Å²) in [5, 5.41) is 9.62. The second kappa shape index (κ2) is 8.51. The van der Waals surface area contributed by atoms with Gasteiger partial charge >= 0.3 is 6.03 Å². The van der Waals surface area contributed by atoms with Crippen LogP contribution >= 0.6 is 0 Å². The first-order chi connectivity index (χ1) is 17.4. The molecule has 4 amide bonds. The van der Waals surface area contributed by atoms with E-state index in [0.29, 0.717) is 30.0 Å². The molecule has 36 heavy (non-hydrogen) atoms. The van der Waals surface area contributed by atoms with Crippen molar-refractivity contribution >= 4 is 17.8 Å².